The Balaban J connectivity index is 0.000000427. The second-order valence-corrected chi connectivity index (χ2v) is 11.6. The molecule has 2 amide bonds. The fraction of sp³-hybridized carbons (Fsp3) is 0.231. The number of benzene rings is 1. The first kappa shape index (κ1) is 40.0. The maximum atomic E-state index is 13.4. The smallest absolute Gasteiger partial charge is 0.332 e. The van der Waals surface area contributed by atoms with Gasteiger partial charge in [-0.3, -0.25) is 19.2 Å². The molecule has 8 heteroatoms. The Morgan fingerprint density at radius 3 is 1.68 bits per heavy atom. The predicted molar refractivity (Wildman–Crippen MR) is 172 cm³/mol. The third-order valence-corrected chi connectivity index (χ3v) is 8.61. The second-order valence-electron chi connectivity index (χ2n) is 11.6. The number of Topliss-reactive ketones (excluding diaryl/α,β-unsaturated/α-hetero) is 2. The van der Waals surface area contributed by atoms with Gasteiger partial charge in [0.15, 0.2) is 11.6 Å². The van der Waals surface area contributed by atoms with Crippen LogP contribution in [0.1, 0.15) is 36.9 Å². The van der Waals surface area contributed by atoms with Crippen molar-refractivity contribution in [2.24, 2.45) is 5.41 Å². The molecular formula is C39H38Fe2N2O4+4. The second kappa shape index (κ2) is 19.7. The Kier molecular flexibility index (Phi) is 16.7. The Bertz CT molecular complexity index is 1120. The van der Waals surface area contributed by atoms with Crippen molar-refractivity contribution in [2.45, 2.75) is 32.2 Å². The monoisotopic (exact) mass is 710 g/mol. The molecule has 2 aliphatic heterocycles. The first-order chi connectivity index (χ1) is 21.9. The minimum Gasteiger partial charge on any atom is -0.332 e. The SMILES string of the molecule is CC(CCC(=O)N1CC(=O)N2CCc3ccccc3C2C1)(C(=O)[C]1[CH][CH][CH][CH]1)C(=O)[C]1[CH][CH][CH][CH]1.[CH]1[CH][CH][CH][CH]1.[CH]1[CH][CH][CH][CH]1.[Fe+2].[Fe+2]. The molecule has 0 spiro atoms. The quantitative estimate of drug-likeness (QED) is 0.303. The molecule has 1 saturated heterocycles. The van der Waals surface area contributed by atoms with Gasteiger partial charge in [0.2, 0.25) is 11.8 Å². The number of nitrogens with zero attached hydrogens (tertiary/aromatic N) is 2. The van der Waals surface area contributed by atoms with Crippen LogP contribution in [0.25, 0.3) is 0 Å². The van der Waals surface area contributed by atoms with E-state index in [1.807, 2.05) is 87.3 Å². The molecule has 1 atom stereocenters. The summed E-state index contributed by atoms with van der Waals surface area (Å²) in [4.78, 5) is 56.5. The molecule has 7 rings (SSSR count). The van der Waals surface area contributed by atoms with Crippen molar-refractivity contribution in [3.63, 3.8) is 0 Å². The van der Waals surface area contributed by atoms with Crippen LogP contribution >= 0.6 is 0 Å². The van der Waals surface area contributed by atoms with Gasteiger partial charge in [0.25, 0.3) is 0 Å². The Morgan fingerprint density at radius 2 is 1.19 bits per heavy atom. The number of piperazine rings is 1. The van der Waals surface area contributed by atoms with Gasteiger partial charge in [-0.05, 0) is 146 Å². The van der Waals surface area contributed by atoms with E-state index in [-0.39, 0.29) is 82.9 Å². The molecule has 1 aromatic carbocycles. The van der Waals surface area contributed by atoms with Crippen molar-refractivity contribution in [1.29, 1.82) is 0 Å². The zero-order chi connectivity index (χ0) is 31.6. The van der Waals surface area contributed by atoms with Crippen molar-refractivity contribution < 1.29 is 53.3 Å². The summed E-state index contributed by atoms with van der Waals surface area (Å²) in [5, 5.41) is 0. The summed E-state index contributed by atoms with van der Waals surface area (Å²) in [6.07, 6.45) is 34.7. The van der Waals surface area contributed by atoms with Crippen LogP contribution in [0, 0.1) is 133 Å². The average molecular weight is 710 g/mol. The summed E-state index contributed by atoms with van der Waals surface area (Å²) in [6, 6.07) is 7.91. The topological polar surface area (TPSA) is 74.8 Å². The number of ketones is 2. The number of carbonyl (C=O) groups excluding carboxylic acids is 4. The van der Waals surface area contributed by atoms with Crippen LogP contribution in [0.2, 0.25) is 0 Å². The van der Waals surface area contributed by atoms with Gasteiger partial charge >= 0.3 is 34.1 Å². The number of rotatable bonds is 7. The largest absolute Gasteiger partial charge is 2.00 e. The van der Waals surface area contributed by atoms with Crippen LogP contribution in [0.3, 0.4) is 0 Å². The molecule has 0 N–H and O–H groups in total. The first-order valence-electron chi connectivity index (χ1n) is 15.4. The average Bonchev–Trinajstić information content (AvgIpc) is 3.92. The molecule has 0 bridgehead atoms. The summed E-state index contributed by atoms with van der Waals surface area (Å²) < 4.78 is 0. The van der Waals surface area contributed by atoms with Gasteiger partial charge in [-0.2, -0.15) is 0 Å². The Morgan fingerprint density at radius 1 is 0.723 bits per heavy atom. The molecular weight excluding hydrogens is 672 g/mol. The summed E-state index contributed by atoms with van der Waals surface area (Å²) in [5.41, 5.74) is 0.929. The maximum Gasteiger partial charge on any atom is 2.00 e. The van der Waals surface area contributed by atoms with Crippen molar-refractivity contribution in [2.75, 3.05) is 19.6 Å². The molecule has 4 aliphatic carbocycles. The van der Waals surface area contributed by atoms with Gasteiger partial charge < -0.3 is 9.80 Å². The van der Waals surface area contributed by atoms with Crippen LogP contribution in [0.4, 0.5) is 0 Å². The number of carbonyl (C=O) groups is 4. The normalized spacial score (nSPS) is 22.5. The summed E-state index contributed by atoms with van der Waals surface area (Å²) >= 11 is 0. The van der Waals surface area contributed by atoms with E-state index in [4.69, 9.17) is 0 Å². The summed E-state index contributed by atoms with van der Waals surface area (Å²) in [7, 11) is 0. The van der Waals surface area contributed by atoms with Crippen molar-refractivity contribution >= 4 is 23.4 Å². The molecule has 20 radical (unpaired) electrons. The van der Waals surface area contributed by atoms with Crippen molar-refractivity contribution in [3.8, 4) is 0 Å². The van der Waals surface area contributed by atoms with Crippen LogP contribution in [0.5, 0.6) is 0 Å². The minimum atomic E-state index is -1.37. The zero-order valence-corrected chi connectivity index (χ0v) is 28.5. The van der Waals surface area contributed by atoms with E-state index in [1.165, 1.54) is 5.56 Å². The maximum absolute atomic E-state index is 13.4. The molecule has 47 heavy (non-hydrogen) atoms. The minimum absolute atomic E-state index is 0. The molecule has 2 heterocycles. The molecule has 1 aromatic rings. The number of hydrogen-bond donors (Lipinski definition) is 0. The third-order valence-electron chi connectivity index (χ3n) is 8.61. The van der Waals surface area contributed by atoms with Crippen molar-refractivity contribution in [3.05, 3.63) is 163 Å². The van der Waals surface area contributed by atoms with Gasteiger partial charge in [-0.15, -0.1) is 0 Å². The number of fused-ring (bicyclic) bond motifs is 3. The fourth-order valence-electron chi connectivity index (χ4n) is 6.04. The fourth-order valence-corrected chi connectivity index (χ4v) is 6.04. The predicted octanol–water partition coefficient (Wildman–Crippen LogP) is 4.73. The first-order valence-corrected chi connectivity index (χ1v) is 15.4. The van der Waals surface area contributed by atoms with Gasteiger partial charge in [-0.25, -0.2) is 0 Å². The molecule has 240 valence electrons. The van der Waals surface area contributed by atoms with Crippen LogP contribution < -0.4 is 0 Å². The Labute approximate surface area is 305 Å². The molecule has 6 aliphatic rings. The van der Waals surface area contributed by atoms with Crippen LogP contribution in [-0.2, 0) is 59.7 Å². The molecule has 4 saturated carbocycles. The number of amides is 2. The van der Waals surface area contributed by atoms with E-state index >= 15 is 0 Å². The van der Waals surface area contributed by atoms with E-state index in [2.05, 4.69) is 6.07 Å². The molecule has 5 fully saturated rings. The van der Waals surface area contributed by atoms with E-state index in [0.717, 1.165) is 12.0 Å². The van der Waals surface area contributed by atoms with Gasteiger partial charge in [0.05, 0.1) is 18.0 Å². The summed E-state index contributed by atoms with van der Waals surface area (Å²) in [5.74, 6) is 0.0719. The van der Waals surface area contributed by atoms with E-state index in [1.54, 1.807) is 63.2 Å². The van der Waals surface area contributed by atoms with E-state index in [9.17, 15) is 19.2 Å². The molecule has 0 aromatic heterocycles. The van der Waals surface area contributed by atoms with Gasteiger partial charge in [0.1, 0.15) is 0 Å². The molecule has 1 unspecified atom stereocenters. The number of hydrogen-bond acceptors (Lipinski definition) is 4. The van der Waals surface area contributed by atoms with Gasteiger partial charge in [0, 0.05) is 31.3 Å². The van der Waals surface area contributed by atoms with Crippen molar-refractivity contribution in [1.82, 2.24) is 9.80 Å². The third kappa shape index (κ3) is 10.3. The standard InChI is InChI=1S/C29H28N2O4.2C5H5.2Fe/c1-29(27(34)21-9-2-3-10-21,28(35)22-11-4-5-12-22)16-14-25(32)30-18-24-23-13-7-6-8-20(23)15-17-31(24)26(33)19-30;2*1-2-4-5-3-1;;/h2-13,24H,14-19H2,1H3;2*1-5H;;/q;;;2*+2. The molecule has 6 nitrogen and oxygen atoms in total. The van der Waals surface area contributed by atoms with E-state index in [0.29, 0.717) is 24.9 Å². The summed E-state index contributed by atoms with van der Waals surface area (Å²) in [6.45, 7) is 2.74. The van der Waals surface area contributed by atoms with Crippen LogP contribution in [0.15, 0.2) is 24.3 Å². The van der Waals surface area contributed by atoms with Crippen LogP contribution in [-0.4, -0.2) is 52.8 Å². The zero-order valence-electron chi connectivity index (χ0n) is 26.3. The van der Waals surface area contributed by atoms with Gasteiger partial charge in [-0.1, -0.05) is 24.3 Å². The van der Waals surface area contributed by atoms with E-state index < -0.39 is 5.41 Å². The Hall–Kier alpha value is -1.46.